The highest BCUT2D eigenvalue weighted by atomic mass is 32.2. The molecule has 1 atom stereocenters. The van der Waals surface area contributed by atoms with Gasteiger partial charge in [-0.15, -0.1) is 0 Å². The molecule has 0 radical (unpaired) electrons. The zero-order chi connectivity index (χ0) is 21.1. The molecule has 0 saturated heterocycles. The Bertz CT molecular complexity index is 1120. The number of aromatic nitrogens is 1. The Morgan fingerprint density at radius 3 is 2.47 bits per heavy atom. The number of aryl methyl sites for hydroxylation is 2. The summed E-state index contributed by atoms with van der Waals surface area (Å²) in [6.07, 6.45) is 3.89. The van der Waals surface area contributed by atoms with Gasteiger partial charge < -0.3 is 5.11 Å². The zero-order valence-electron chi connectivity index (χ0n) is 16.8. The molecule has 1 heterocycles. The second-order valence-electron chi connectivity index (χ2n) is 7.52. The van der Waals surface area contributed by atoms with Crippen LogP contribution in [0.5, 0.6) is 0 Å². The number of pyridine rings is 1. The summed E-state index contributed by atoms with van der Waals surface area (Å²) in [5, 5.41) is 19.6. The third-order valence-corrected chi connectivity index (χ3v) is 6.68. The predicted octanol–water partition coefficient (Wildman–Crippen LogP) is 5.73. The molecular formula is C25H22N2O2S. The summed E-state index contributed by atoms with van der Waals surface area (Å²) in [5.74, 6) is -0.938. The van der Waals surface area contributed by atoms with Gasteiger partial charge in [0.25, 0.3) is 0 Å². The van der Waals surface area contributed by atoms with Gasteiger partial charge in [0.2, 0.25) is 0 Å². The van der Waals surface area contributed by atoms with Gasteiger partial charge in [0.05, 0.1) is 5.56 Å². The molecule has 3 aromatic rings. The number of carboxylic acids is 1. The van der Waals surface area contributed by atoms with Gasteiger partial charge in [0, 0.05) is 11.3 Å². The van der Waals surface area contributed by atoms with Crippen LogP contribution in [0.2, 0.25) is 0 Å². The normalized spacial score (nSPS) is 13.9. The third-order valence-electron chi connectivity index (χ3n) is 5.45. The molecule has 1 aliphatic carbocycles. The molecule has 0 fully saturated rings. The Balaban J connectivity index is 1.88. The first-order chi connectivity index (χ1) is 14.6. The molecule has 1 N–H and O–H groups in total. The number of benzene rings is 2. The van der Waals surface area contributed by atoms with Crippen molar-refractivity contribution in [2.75, 3.05) is 0 Å². The largest absolute Gasteiger partial charge is 0.480 e. The van der Waals surface area contributed by atoms with Gasteiger partial charge in [-0.25, -0.2) is 4.98 Å². The number of nitrogens with zero attached hydrogens (tertiary/aromatic N) is 2. The Morgan fingerprint density at radius 2 is 1.80 bits per heavy atom. The Kier molecular flexibility index (Phi) is 5.87. The smallest absolute Gasteiger partial charge is 0.321 e. The van der Waals surface area contributed by atoms with Crippen LogP contribution in [0.25, 0.3) is 11.1 Å². The Morgan fingerprint density at radius 1 is 1.10 bits per heavy atom. The van der Waals surface area contributed by atoms with Gasteiger partial charge in [-0.05, 0) is 49.3 Å². The first-order valence-electron chi connectivity index (χ1n) is 10.1. The minimum absolute atomic E-state index is 0.478. The van der Waals surface area contributed by atoms with Crippen LogP contribution in [0.1, 0.15) is 46.0 Å². The molecule has 0 amide bonds. The molecule has 2 aromatic carbocycles. The zero-order valence-corrected chi connectivity index (χ0v) is 17.6. The van der Waals surface area contributed by atoms with Crippen LogP contribution in [0.4, 0.5) is 0 Å². The molecule has 150 valence electrons. The molecule has 1 aliphatic rings. The number of hydrogen-bond acceptors (Lipinski definition) is 4. The average molecular weight is 415 g/mol. The number of nitriles is 1. The summed E-state index contributed by atoms with van der Waals surface area (Å²) in [7, 11) is 0. The van der Waals surface area contributed by atoms with Crippen LogP contribution in [0.3, 0.4) is 0 Å². The molecule has 1 aromatic heterocycles. The van der Waals surface area contributed by atoms with E-state index in [-0.39, 0.29) is 0 Å². The molecule has 4 rings (SSSR count). The van der Waals surface area contributed by atoms with Crippen LogP contribution < -0.4 is 0 Å². The van der Waals surface area contributed by atoms with Crippen LogP contribution in [-0.4, -0.2) is 16.1 Å². The maximum atomic E-state index is 12.1. The highest BCUT2D eigenvalue weighted by molar-refractivity contribution is 8.00. The minimum atomic E-state index is -0.938. The van der Waals surface area contributed by atoms with Crippen LogP contribution >= 0.6 is 11.8 Å². The van der Waals surface area contributed by atoms with Gasteiger partial charge in [0.15, 0.2) is 0 Å². The van der Waals surface area contributed by atoms with Crippen LogP contribution in [0.15, 0.2) is 59.6 Å². The van der Waals surface area contributed by atoms with Crippen molar-refractivity contribution in [1.29, 1.82) is 5.26 Å². The lowest BCUT2D eigenvalue weighted by Crippen LogP contribution is -2.13. The minimum Gasteiger partial charge on any atom is -0.480 e. The Labute approximate surface area is 180 Å². The monoisotopic (exact) mass is 414 g/mol. The number of carbonyl (C=O) groups is 1. The van der Waals surface area contributed by atoms with Crippen molar-refractivity contribution in [3.8, 4) is 17.2 Å². The van der Waals surface area contributed by atoms with E-state index < -0.39 is 11.2 Å². The number of thioether (sulfide) groups is 1. The molecule has 0 saturated carbocycles. The Hall–Kier alpha value is -3.10. The van der Waals surface area contributed by atoms with E-state index in [0.29, 0.717) is 16.2 Å². The van der Waals surface area contributed by atoms with E-state index in [1.54, 1.807) is 12.1 Å². The quantitative estimate of drug-likeness (QED) is 0.540. The fourth-order valence-corrected chi connectivity index (χ4v) is 4.99. The SMILES string of the molecule is Cc1ccc(-c2c(C#N)c(SC(C(=O)O)c3ccccc3)nc3c2CCCC3)cc1. The fraction of sp³-hybridized carbons (Fsp3) is 0.240. The van der Waals surface area contributed by atoms with Gasteiger partial charge in [-0.2, -0.15) is 5.26 Å². The van der Waals surface area contributed by atoms with Crippen molar-refractivity contribution >= 4 is 17.7 Å². The van der Waals surface area contributed by atoms with E-state index in [4.69, 9.17) is 4.98 Å². The summed E-state index contributed by atoms with van der Waals surface area (Å²) in [6, 6.07) is 19.6. The molecular weight excluding hydrogens is 392 g/mol. The van der Waals surface area contributed by atoms with Crippen molar-refractivity contribution in [3.05, 3.63) is 82.5 Å². The number of fused-ring (bicyclic) bond motifs is 1. The van der Waals surface area contributed by atoms with Gasteiger partial charge in [-0.3, -0.25) is 4.79 Å². The van der Waals surface area contributed by atoms with Crippen molar-refractivity contribution in [3.63, 3.8) is 0 Å². The van der Waals surface area contributed by atoms with Crippen molar-refractivity contribution in [2.45, 2.75) is 42.9 Å². The van der Waals surface area contributed by atoms with E-state index in [1.165, 1.54) is 0 Å². The van der Waals surface area contributed by atoms with E-state index in [9.17, 15) is 15.2 Å². The van der Waals surface area contributed by atoms with E-state index in [1.807, 2.05) is 49.4 Å². The number of carboxylic acid groups (broad SMARTS) is 1. The maximum Gasteiger partial charge on any atom is 0.321 e. The summed E-state index contributed by atoms with van der Waals surface area (Å²) in [4.78, 5) is 16.9. The van der Waals surface area contributed by atoms with Crippen molar-refractivity contribution in [1.82, 2.24) is 4.98 Å². The van der Waals surface area contributed by atoms with E-state index in [0.717, 1.165) is 65.4 Å². The summed E-state index contributed by atoms with van der Waals surface area (Å²) >= 11 is 1.15. The lowest BCUT2D eigenvalue weighted by atomic mass is 9.87. The molecule has 1 unspecified atom stereocenters. The van der Waals surface area contributed by atoms with Gasteiger partial charge in [-0.1, -0.05) is 71.9 Å². The summed E-state index contributed by atoms with van der Waals surface area (Å²) < 4.78 is 0. The van der Waals surface area contributed by atoms with Crippen LogP contribution in [0, 0.1) is 18.3 Å². The van der Waals surface area contributed by atoms with Gasteiger partial charge >= 0.3 is 5.97 Å². The third kappa shape index (κ3) is 3.96. The van der Waals surface area contributed by atoms with Crippen molar-refractivity contribution in [2.24, 2.45) is 0 Å². The first-order valence-corrected chi connectivity index (χ1v) is 10.9. The topological polar surface area (TPSA) is 74.0 Å². The van der Waals surface area contributed by atoms with E-state index in [2.05, 4.69) is 6.07 Å². The predicted molar refractivity (Wildman–Crippen MR) is 118 cm³/mol. The highest BCUT2D eigenvalue weighted by Crippen LogP contribution is 2.42. The number of aliphatic carboxylic acids is 1. The van der Waals surface area contributed by atoms with E-state index >= 15 is 0 Å². The second-order valence-corrected chi connectivity index (χ2v) is 8.62. The van der Waals surface area contributed by atoms with Crippen molar-refractivity contribution < 1.29 is 9.90 Å². The highest BCUT2D eigenvalue weighted by Gasteiger charge is 2.28. The first kappa shape index (κ1) is 20.2. The average Bonchev–Trinajstić information content (AvgIpc) is 2.77. The molecule has 4 nitrogen and oxygen atoms in total. The molecule has 0 bridgehead atoms. The number of hydrogen-bond donors (Lipinski definition) is 1. The van der Waals surface area contributed by atoms with Gasteiger partial charge in [0.1, 0.15) is 16.3 Å². The molecule has 0 aliphatic heterocycles. The lowest BCUT2D eigenvalue weighted by Gasteiger charge is -2.23. The lowest BCUT2D eigenvalue weighted by molar-refractivity contribution is -0.136. The second kappa shape index (κ2) is 8.73. The fourth-order valence-electron chi connectivity index (χ4n) is 3.95. The standard InChI is InChI=1S/C25H22N2O2S/c1-16-11-13-17(14-12-16)22-19-9-5-6-10-21(19)27-24(20(22)15-26)30-23(25(28)29)18-7-3-2-4-8-18/h2-4,7-8,11-14,23H,5-6,9-10H2,1H3,(H,28,29). The number of rotatable bonds is 5. The summed E-state index contributed by atoms with van der Waals surface area (Å²) in [6.45, 7) is 2.04. The molecule has 30 heavy (non-hydrogen) atoms. The maximum absolute atomic E-state index is 12.1. The molecule has 0 spiro atoms. The molecule has 5 heteroatoms. The summed E-state index contributed by atoms with van der Waals surface area (Å²) in [5.41, 5.74) is 6.37. The van der Waals surface area contributed by atoms with Crippen LogP contribution in [-0.2, 0) is 17.6 Å².